The maximum atomic E-state index is 15.0. The van der Waals surface area contributed by atoms with Crippen LogP contribution in [0.1, 0.15) is 72.4 Å². The van der Waals surface area contributed by atoms with Crippen molar-refractivity contribution in [1.29, 1.82) is 0 Å². The number of rotatable bonds is 15. The number of benzene rings is 2. The van der Waals surface area contributed by atoms with E-state index in [0.29, 0.717) is 34.5 Å². The molecule has 5 aromatic rings. The predicted molar refractivity (Wildman–Crippen MR) is 198 cm³/mol. The van der Waals surface area contributed by atoms with Crippen molar-refractivity contribution in [3.63, 3.8) is 0 Å². The zero-order valence-electron chi connectivity index (χ0n) is 30.1. The number of hydrogen-bond donors (Lipinski definition) is 2. The minimum absolute atomic E-state index is 0.0731. The van der Waals surface area contributed by atoms with Gasteiger partial charge in [-0.25, -0.2) is 23.2 Å². The Morgan fingerprint density at radius 3 is 2.13 bits per heavy atom. The van der Waals surface area contributed by atoms with E-state index in [0.717, 1.165) is 11.4 Å². The zero-order valence-corrected chi connectivity index (χ0v) is 31.7. The zero-order chi connectivity index (χ0) is 39.3. The molecular weight excluding hydrogens is 744 g/mol. The van der Waals surface area contributed by atoms with E-state index in [1.54, 1.807) is 66.9 Å². The largest absolute Gasteiger partial charge is 0.453 e. The van der Waals surface area contributed by atoms with Gasteiger partial charge < -0.3 is 19.6 Å². The van der Waals surface area contributed by atoms with Crippen molar-refractivity contribution in [2.75, 3.05) is 20.3 Å². The summed E-state index contributed by atoms with van der Waals surface area (Å²) in [6.45, 7) is 4.93. The summed E-state index contributed by atoms with van der Waals surface area (Å²) < 4.78 is 80.6. The monoisotopic (exact) mass is 785 g/mol. The number of carbonyl (C=O) groups excluding carboxylic acids is 2. The van der Waals surface area contributed by atoms with Crippen molar-refractivity contribution in [3.05, 3.63) is 118 Å². The first kappa shape index (κ1) is 40.5. The fourth-order valence-electron chi connectivity index (χ4n) is 6.15. The molecule has 0 fully saturated rings. The summed E-state index contributed by atoms with van der Waals surface area (Å²) in [5.41, 5.74) is 1.24. The fraction of sp³-hybridized carbons (Fsp3) is 0.368. The first-order chi connectivity index (χ1) is 25.5. The average molecular weight is 786 g/mol. The van der Waals surface area contributed by atoms with E-state index < -0.39 is 65.0 Å². The molecule has 0 aliphatic carbocycles. The maximum Gasteiger partial charge on any atom is 0.407 e. The van der Waals surface area contributed by atoms with Crippen LogP contribution in [0, 0.1) is 5.41 Å². The van der Waals surface area contributed by atoms with Gasteiger partial charge in [-0.15, -0.1) is 11.3 Å². The molecule has 3 aromatic heterocycles. The second-order valence-electron chi connectivity index (χ2n) is 14.0. The van der Waals surface area contributed by atoms with Crippen LogP contribution >= 0.6 is 11.3 Å². The van der Waals surface area contributed by atoms with Gasteiger partial charge in [0.15, 0.2) is 16.5 Å². The third-order valence-electron chi connectivity index (χ3n) is 9.01. The number of imidazole rings is 1. The topological polar surface area (TPSA) is 143 Å². The van der Waals surface area contributed by atoms with Gasteiger partial charge in [0.1, 0.15) is 6.04 Å². The minimum Gasteiger partial charge on any atom is -0.453 e. The van der Waals surface area contributed by atoms with Crippen molar-refractivity contribution in [2.24, 2.45) is 5.41 Å². The Bertz CT molecular complexity index is 2100. The van der Waals surface area contributed by atoms with Gasteiger partial charge in [0.25, 0.3) is 10.0 Å². The van der Waals surface area contributed by atoms with Crippen LogP contribution in [0.5, 0.6) is 0 Å². The highest BCUT2D eigenvalue weighted by atomic mass is 32.2. The van der Waals surface area contributed by atoms with E-state index >= 15 is 0 Å². The summed E-state index contributed by atoms with van der Waals surface area (Å²) in [4.78, 5) is 34.8. The molecule has 11 nitrogen and oxygen atoms in total. The summed E-state index contributed by atoms with van der Waals surface area (Å²) in [7, 11) is -3.31. The Hall–Kier alpha value is -4.64. The number of fused-ring (bicyclic) bond motifs is 1. The highest BCUT2D eigenvalue weighted by Crippen LogP contribution is 2.44. The number of hydrogen-bond acceptors (Lipinski definition) is 9. The van der Waals surface area contributed by atoms with E-state index in [-0.39, 0.29) is 26.7 Å². The molecule has 16 heteroatoms. The second kappa shape index (κ2) is 16.8. The average Bonchev–Trinajstić information content (AvgIpc) is 3.81. The van der Waals surface area contributed by atoms with Crippen molar-refractivity contribution in [3.8, 4) is 0 Å². The molecule has 0 saturated heterocycles. The van der Waals surface area contributed by atoms with Gasteiger partial charge in [-0.05, 0) is 35.1 Å². The maximum absolute atomic E-state index is 15.0. The smallest absolute Gasteiger partial charge is 0.407 e. The van der Waals surface area contributed by atoms with Crippen LogP contribution in [-0.2, 0) is 19.6 Å². The van der Waals surface area contributed by atoms with Crippen LogP contribution in [0.25, 0.3) is 5.65 Å². The molecular formula is C38H42F3N5O6S2. The highest BCUT2D eigenvalue weighted by molar-refractivity contribution is 7.89. The third kappa shape index (κ3) is 9.53. The molecule has 54 heavy (non-hydrogen) atoms. The SMILES string of the molecule is COC(=O)N[C@H](C(=O)C[C@H](c1ccc([C@@H](CO)N(CCC(C)(C)C)S(=O)(=O)c2cn3ccnc3cn2)s1)C(F)(F)F)C(c1ccccc1)c1ccccc1. The van der Waals surface area contributed by atoms with Crippen molar-refractivity contribution in [2.45, 2.75) is 68.7 Å². The number of nitrogens with zero attached hydrogens (tertiary/aromatic N) is 4. The number of thiophene rings is 1. The minimum atomic E-state index is -4.92. The Balaban J connectivity index is 1.52. The molecule has 5 rings (SSSR count). The van der Waals surface area contributed by atoms with Crippen molar-refractivity contribution < 1.29 is 41.0 Å². The number of aromatic nitrogens is 3. The van der Waals surface area contributed by atoms with Crippen LogP contribution in [-0.4, -0.2) is 76.6 Å². The first-order valence-corrected chi connectivity index (χ1v) is 19.3. The molecule has 2 N–H and O–H groups in total. The van der Waals surface area contributed by atoms with E-state index in [2.05, 4.69) is 15.3 Å². The molecule has 0 saturated carbocycles. The van der Waals surface area contributed by atoms with Gasteiger partial charge in [0, 0.05) is 47.2 Å². The number of carbonyl (C=O) groups is 2. The van der Waals surface area contributed by atoms with E-state index in [9.17, 15) is 36.3 Å². The molecule has 0 aliphatic rings. The van der Waals surface area contributed by atoms with Gasteiger partial charge in [0.2, 0.25) is 0 Å². The van der Waals surface area contributed by atoms with Crippen molar-refractivity contribution in [1.82, 2.24) is 24.0 Å². The predicted octanol–water partition coefficient (Wildman–Crippen LogP) is 7.11. The van der Waals surface area contributed by atoms with Gasteiger partial charge in [-0.3, -0.25) is 4.79 Å². The number of aliphatic hydroxyl groups is 1. The van der Waals surface area contributed by atoms with Gasteiger partial charge in [0.05, 0.1) is 31.9 Å². The molecule has 0 unspecified atom stereocenters. The van der Waals surface area contributed by atoms with E-state index in [4.69, 9.17) is 4.74 Å². The number of Topliss-reactive ketones (excluding diaryl/α,β-unsaturated/α-hetero) is 1. The number of amides is 1. The number of nitrogens with one attached hydrogen (secondary N) is 1. The molecule has 2 aromatic carbocycles. The van der Waals surface area contributed by atoms with Crippen molar-refractivity contribution >= 4 is 38.9 Å². The summed E-state index contributed by atoms with van der Waals surface area (Å²) >= 11 is 0.665. The van der Waals surface area contributed by atoms with E-state index in [1.165, 1.54) is 35.1 Å². The number of sulfonamides is 1. The lowest BCUT2D eigenvalue weighted by atomic mass is 9.81. The Morgan fingerprint density at radius 2 is 1.57 bits per heavy atom. The molecule has 288 valence electrons. The lowest BCUT2D eigenvalue weighted by Gasteiger charge is -2.31. The summed E-state index contributed by atoms with van der Waals surface area (Å²) in [6, 6.07) is 17.1. The number of halogens is 3. The first-order valence-electron chi connectivity index (χ1n) is 17.1. The molecule has 3 heterocycles. The lowest BCUT2D eigenvalue weighted by molar-refractivity contribution is -0.156. The summed E-state index contributed by atoms with van der Waals surface area (Å²) in [5, 5.41) is 12.8. The molecule has 1 amide bonds. The summed E-state index contributed by atoms with van der Waals surface area (Å²) in [6.07, 6.45) is -0.983. The fourth-order valence-corrected chi connectivity index (χ4v) is 8.98. The number of methoxy groups -OCH3 is 1. The number of aliphatic hydroxyl groups excluding tert-OH is 1. The Labute approximate surface area is 315 Å². The normalized spacial score (nSPS) is 14.3. The molecule has 0 bridgehead atoms. The standard InChI is InChI=1S/C38H42F3N5O6S2/c1-37(2,3)17-19-46(54(50,51)33-23-45-20-18-42-32(45)22-43-33)28(24-47)31-16-15-30(53-31)27(38(39,40)41)21-29(48)35(44-36(49)52-4)34(25-11-7-5-8-12-25)26-13-9-6-10-14-26/h5-16,18,20,22-23,27-28,34-35,47H,17,19,21,24H2,1-4H3,(H,44,49)/t27-,28-,35-/m1/s1. The molecule has 3 atom stereocenters. The highest BCUT2D eigenvalue weighted by Gasteiger charge is 2.46. The number of alkyl halides is 3. The lowest BCUT2D eigenvalue weighted by Crippen LogP contribution is -2.46. The molecule has 0 spiro atoms. The number of ether oxygens (including phenoxy) is 1. The van der Waals surface area contributed by atoms with Crippen LogP contribution in [0.15, 0.2) is 103 Å². The summed E-state index contributed by atoms with van der Waals surface area (Å²) in [5.74, 6) is -4.08. The van der Waals surface area contributed by atoms with E-state index in [1.807, 2.05) is 20.8 Å². The van der Waals surface area contributed by atoms with Gasteiger partial charge in [-0.1, -0.05) is 81.4 Å². The van der Waals surface area contributed by atoms with Crippen LogP contribution < -0.4 is 5.32 Å². The molecule has 0 aliphatic heterocycles. The Kier molecular flexibility index (Phi) is 12.6. The van der Waals surface area contributed by atoms with Gasteiger partial charge in [-0.2, -0.15) is 17.5 Å². The second-order valence-corrected chi connectivity index (χ2v) is 16.9. The Morgan fingerprint density at radius 1 is 0.963 bits per heavy atom. The quantitative estimate of drug-likeness (QED) is 0.114. The third-order valence-corrected chi connectivity index (χ3v) is 12.1. The van der Waals surface area contributed by atoms with Gasteiger partial charge >= 0.3 is 12.3 Å². The van der Waals surface area contributed by atoms with Crippen LogP contribution in [0.2, 0.25) is 0 Å². The number of ketones is 1. The molecule has 0 radical (unpaired) electrons. The van der Waals surface area contributed by atoms with Crippen LogP contribution in [0.4, 0.5) is 18.0 Å². The van der Waals surface area contributed by atoms with Crippen LogP contribution in [0.3, 0.4) is 0 Å². The number of alkyl carbamates (subject to hydrolysis) is 1.